The molecule has 0 N–H and O–H groups in total. The SMILES string of the molecule is C=CC[C@H](CC[C@@H](CC=C)C(=O)OCC)C(=O)OCC. The smallest absolute Gasteiger partial charge is 0.309 e. The first kappa shape index (κ1) is 18.4. The first-order valence-corrected chi connectivity index (χ1v) is 7.15. The summed E-state index contributed by atoms with van der Waals surface area (Å²) in [5, 5.41) is 0. The van der Waals surface area contributed by atoms with Gasteiger partial charge >= 0.3 is 11.9 Å². The fraction of sp³-hybridized carbons (Fsp3) is 0.625. The van der Waals surface area contributed by atoms with Crippen molar-refractivity contribution in [3.8, 4) is 0 Å². The lowest BCUT2D eigenvalue weighted by atomic mass is 9.91. The van der Waals surface area contributed by atoms with E-state index in [0.717, 1.165) is 0 Å². The van der Waals surface area contributed by atoms with E-state index in [1.807, 2.05) is 0 Å². The Labute approximate surface area is 121 Å². The molecule has 0 rings (SSSR count). The Morgan fingerprint density at radius 1 is 0.900 bits per heavy atom. The Balaban J connectivity index is 4.52. The number of hydrogen-bond donors (Lipinski definition) is 0. The minimum Gasteiger partial charge on any atom is -0.466 e. The summed E-state index contributed by atoms with van der Waals surface area (Å²) in [7, 11) is 0. The van der Waals surface area contributed by atoms with Gasteiger partial charge in [-0.05, 0) is 39.5 Å². The molecule has 20 heavy (non-hydrogen) atoms. The molecule has 0 amide bonds. The van der Waals surface area contributed by atoms with Crippen molar-refractivity contribution in [3.63, 3.8) is 0 Å². The number of carbonyl (C=O) groups excluding carboxylic acids is 2. The summed E-state index contributed by atoms with van der Waals surface area (Å²) in [5.74, 6) is -0.939. The molecule has 0 heterocycles. The maximum Gasteiger partial charge on any atom is 0.309 e. The second-order valence-corrected chi connectivity index (χ2v) is 4.52. The van der Waals surface area contributed by atoms with Crippen molar-refractivity contribution in [2.75, 3.05) is 13.2 Å². The second-order valence-electron chi connectivity index (χ2n) is 4.52. The lowest BCUT2D eigenvalue weighted by Gasteiger charge is -2.17. The molecular formula is C16H26O4. The molecule has 0 saturated carbocycles. The quantitative estimate of drug-likeness (QED) is 0.431. The topological polar surface area (TPSA) is 52.6 Å². The average Bonchev–Trinajstić information content (AvgIpc) is 2.42. The van der Waals surface area contributed by atoms with Crippen LogP contribution >= 0.6 is 0 Å². The molecule has 0 aromatic rings. The van der Waals surface area contributed by atoms with Crippen LogP contribution in [0.3, 0.4) is 0 Å². The predicted octanol–water partition coefficient (Wildman–Crippen LogP) is 3.28. The third-order valence-corrected chi connectivity index (χ3v) is 3.01. The average molecular weight is 282 g/mol. The molecule has 0 aliphatic carbocycles. The van der Waals surface area contributed by atoms with Crippen LogP contribution in [0, 0.1) is 11.8 Å². The Kier molecular flexibility index (Phi) is 10.4. The minimum atomic E-state index is -0.241. The molecule has 4 nitrogen and oxygen atoms in total. The second kappa shape index (κ2) is 11.3. The Hall–Kier alpha value is -1.58. The summed E-state index contributed by atoms with van der Waals surface area (Å²) in [5.41, 5.74) is 0. The maximum atomic E-state index is 11.8. The molecule has 0 aromatic carbocycles. The van der Waals surface area contributed by atoms with Gasteiger partial charge in [0.25, 0.3) is 0 Å². The molecule has 0 fully saturated rings. The van der Waals surface area contributed by atoms with Crippen LogP contribution in [0.5, 0.6) is 0 Å². The fourth-order valence-electron chi connectivity index (χ4n) is 1.99. The van der Waals surface area contributed by atoms with Crippen molar-refractivity contribution < 1.29 is 19.1 Å². The van der Waals surface area contributed by atoms with Crippen LogP contribution in [0.25, 0.3) is 0 Å². The molecule has 0 saturated heterocycles. The number of carbonyl (C=O) groups is 2. The van der Waals surface area contributed by atoms with Crippen LogP contribution in [0.1, 0.15) is 39.5 Å². The van der Waals surface area contributed by atoms with Gasteiger partial charge in [0.1, 0.15) is 0 Å². The Bertz CT molecular complexity index is 290. The van der Waals surface area contributed by atoms with E-state index in [9.17, 15) is 9.59 Å². The molecule has 114 valence electrons. The molecular weight excluding hydrogens is 256 g/mol. The van der Waals surface area contributed by atoms with Crippen LogP contribution in [0.4, 0.5) is 0 Å². The minimum absolute atomic E-state index is 0.228. The van der Waals surface area contributed by atoms with Gasteiger partial charge in [0.05, 0.1) is 25.0 Å². The van der Waals surface area contributed by atoms with Crippen molar-refractivity contribution in [2.24, 2.45) is 11.8 Å². The zero-order chi connectivity index (χ0) is 15.4. The molecule has 0 bridgehead atoms. The van der Waals surface area contributed by atoms with Gasteiger partial charge in [0.2, 0.25) is 0 Å². The van der Waals surface area contributed by atoms with E-state index in [-0.39, 0.29) is 23.8 Å². The van der Waals surface area contributed by atoms with Crippen LogP contribution in [-0.2, 0) is 19.1 Å². The van der Waals surface area contributed by atoms with E-state index < -0.39 is 0 Å². The lowest BCUT2D eigenvalue weighted by Crippen LogP contribution is -2.22. The van der Waals surface area contributed by atoms with E-state index in [2.05, 4.69) is 13.2 Å². The van der Waals surface area contributed by atoms with Crippen molar-refractivity contribution in [3.05, 3.63) is 25.3 Å². The number of esters is 2. The number of allylic oxidation sites excluding steroid dienone is 2. The highest BCUT2D eigenvalue weighted by molar-refractivity contribution is 5.74. The van der Waals surface area contributed by atoms with Gasteiger partial charge in [0, 0.05) is 0 Å². The molecule has 0 spiro atoms. The monoisotopic (exact) mass is 282 g/mol. The van der Waals surface area contributed by atoms with Crippen molar-refractivity contribution in [1.29, 1.82) is 0 Å². The highest BCUT2D eigenvalue weighted by Gasteiger charge is 2.23. The van der Waals surface area contributed by atoms with Gasteiger partial charge in [-0.2, -0.15) is 0 Å². The maximum absolute atomic E-state index is 11.8. The predicted molar refractivity (Wildman–Crippen MR) is 79.1 cm³/mol. The van der Waals surface area contributed by atoms with E-state index in [4.69, 9.17) is 9.47 Å². The van der Waals surface area contributed by atoms with Crippen molar-refractivity contribution >= 4 is 11.9 Å². The van der Waals surface area contributed by atoms with Gasteiger partial charge in [-0.1, -0.05) is 12.2 Å². The van der Waals surface area contributed by atoms with Crippen LogP contribution < -0.4 is 0 Å². The van der Waals surface area contributed by atoms with E-state index in [1.165, 1.54) is 0 Å². The van der Waals surface area contributed by atoms with E-state index in [1.54, 1.807) is 26.0 Å². The van der Waals surface area contributed by atoms with Crippen molar-refractivity contribution in [2.45, 2.75) is 39.5 Å². The Morgan fingerprint density at radius 2 is 1.25 bits per heavy atom. The molecule has 0 aliphatic rings. The van der Waals surface area contributed by atoms with E-state index in [0.29, 0.717) is 38.9 Å². The van der Waals surface area contributed by atoms with Gasteiger partial charge in [-0.25, -0.2) is 0 Å². The Morgan fingerprint density at radius 3 is 1.50 bits per heavy atom. The summed E-state index contributed by atoms with van der Waals surface area (Å²) in [6.45, 7) is 11.6. The van der Waals surface area contributed by atoms with Crippen molar-refractivity contribution in [1.82, 2.24) is 0 Å². The summed E-state index contributed by atoms with van der Waals surface area (Å²) in [6, 6.07) is 0. The van der Waals surface area contributed by atoms with Gasteiger partial charge in [-0.15, -0.1) is 13.2 Å². The lowest BCUT2D eigenvalue weighted by molar-refractivity contribution is -0.151. The normalized spacial score (nSPS) is 13.1. The third kappa shape index (κ3) is 7.12. The highest BCUT2D eigenvalue weighted by atomic mass is 16.5. The summed E-state index contributed by atoms with van der Waals surface area (Å²) in [6.07, 6.45) is 5.69. The molecule has 2 atom stereocenters. The van der Waals surface area contributed by atoms with Crippen LogP contribution in [0.2, 0.25) is 0 Å². The first-order valence-electron chi connectivity index (χ1n) is 7.15. The number of rotatable bonds is 11. The molecule has 0 aromatic heterocycles. The largest absolute Gasteiger partial charge is 0.466 e. The zero-order valence-electron chi connectivity index (χ0n) is 12.6. The van der Waals surface area contributed by atoms with Crippen LogP contribution in [0.15, 0.2) is 25.3 Å². The summed E-state index contributed by atoms with van der Waals surface area (Å²) in [4.78, 5) is 23.6. The zero-order valence-corrected chi connectivity index (χ0v) is 12.6. The van der Waals surface area contributed by atoms with Gasteiger partial charge < -0.3 is 9.47 Å². The third-order valence-electron chi connectivity index (χ3n) is 3.01. The molecule has 4 heteroatoms. The number of ether oxygens (including phenoxy) is 2. The van der Waals surface area contributed by atoms with E-state index >= 15 is 0 Å². The molecule has 0 unspecified atom stereocenters. The standard InChI is InChI=1S/C16H26O4/c1-5-9-13(15(17)19-7-3)11-12-14(10-6-2)16(18)20-8-4/h5-6,13-14H,1-2,7-12H2,3-4H3/t13-,14-/m1/s1. The summed E-state index contributed by atoms with van der Waals surface area (Å²) < 4.78 is 10.1. The fourth-order valence-corrected chi connectivity index (χ4v) is 1.99. The van der Waals surface area contributed by atoms with Crippen LogP contribution in [-0.4, -0.2) is 25.2 Å². The highest BCUT2D eigenvalue weighted by Crippen LogP contribution is 2.21. The summed E-state index contributed by atoms with van der Waals surface area (Å²) >= 11 is 0. The molecule has 0 radical (unpaired) electrons. The first-order chi connectivity index (χ1) is 9.60. The van der Waals surface area contributed by atoms with Gasteiger partial charge in [-0.3, -0.25) is 9.59 Å². The van der Waals surface area contributed by atoms with Gasteiger partial charge in [0.15, 0.2) is 0 Å². The number of hydrogen-bond acceptors (Lipinski definition) is 4. The molecule has 0 aliphatic heterocycles.